The van der Waals surface area contributed by atoms with E-state index < -0.39 is 0 Å². The van der Waals surface area contributed by atoms with Gasteiger partial charge in [0, 0.05) is 18.6 Å². The van der Waals surface area contributed by atoms with Gasteiger partial charge in [0.1, 0.15) is 0 Å². The molecule has 0 fully saturated rings. The van der Waals surface area contributed by atoms with Crippen molar-refractivity contribution in [1.82, 2.24) is 10.2 Å². The third-order valence-corrected chi connectivity index (χ3v) is 3.41. The van der Waals surface area contributed by atoms with Crippen LogP contribution in [0, 0.1) is 5.92 Å². The molecule has 102 valence electrons. The van der Waals surface area contributed by atoms with E-state index in [-0.39, 0.29) is 0 Å². The van der Waals surface area contributed by atoms with Gasteiger partial charge in [-0.1, -0.05) is 51.1 Å². The molecule has 0 saturated heterocycles. The van der Waals surface area contributed by atoms with Crippen LogP contribution in [0.25, 0.3) is 0 Å². The van der Waals surface area contributed by atoms with Crippen LogP contribution in [0.1, 0.15) is 38.8 Å². The lowest BCUT2D eigenvalue weighted by atomic mass is 9.98. The van der Waals surface area contributed by atoms with Crippen molar-refractivity contribution >= 4 is 0 Å². The van der Waals surface area contributed by atoms with Gasteiger partial charge in [-0.25, -0.2) is 0 Å². The second-order valence-corrected chi connectivity index (χ2v) is 5.65. The van der Waals surface area contributed by atoms with Gasteiger partial charge in [0.15, 0.2) is 0 Å². The summed E-state index contributed by atoms with van der Waals surface area (Å²) in [4.78, 5) is 2.25. The van der Waals surface area contributed by atoms with Crippen molar-refractivity contribution in [2.24, 2.45) is 5.92 Å². The Morgan fingerprint density at radius 2 is 1.72 bits per heavy atom. The van der Waals surface area contributed by atoms with Crippen LogP contribution in [-0.2, 0) is 0 Å². The molecule has 0 amide bonds. The summed E-state index contributed by atoms with van der Waals surface area (Å²) in [6.45, 7) is 7.88. The summed E-state index contributed by atoms with van der Waals surface area (Å²) in [5, 5.41) is 3.81. The smallest absolute Gasteiger partial charge is 0.0451 e. The lowest BCUT2D eigenvalue weighted by molar-refractivity contribution is 0.286. The number of likely N-dealkylation sites (N-methyl/N-ethyl adjacent to an activating group) is 1. The van der Waals surface area contributed by atoms with Gasteiger partial charge in [-0.3, -0.25) is 0 Å². The van der Waals surface area contributed by atoms with Crippen molar-refractivity contribution in [3.05, 3.63) is 35.9 Å². The second kappa shape index (κ2) is 7.55. The molecule has 18 heavy (non-hydrogen) atoms. The highest BCUT2D eigenvalue weighted by Crippen LogP contribution is 2.17. The molecule has 0 aliphatic rings. The molecule has 0 bridgehead atoms. The van der Waals surface area contributed by atoms with Crippen molar-refractivity contribution in [2.75, 3.05) is 20.6 Å². The molecule has 2 unspecified atom stereocenters. The minimum atomic E-state index is 0.411. The van der Waals surface area contributed by atoms with E-state index in [0.717, 1.165) is 6.54 Å². The van der Waals surface area contributed by atoms with Crippen LogP contribution in [0.15, 0.2) is 30.3 Å². The first kappa shape index (κ1) is 15.2. The van der Waals surface area contributed by atoms with E-state index in [4.69, 9.17) is 0 Å². The molecule has 2 atom stereocenters. The minimum absolute atomic E-state index is 0.411. The fourth-order valence-electron chi connectivity index (χ4n) is 2.34. The van der Waals surface area contributed by atoms with Crippen LogP contribution in [-0.4, -0.2) is 31.6 Å². The van der Waals surface area contributed by atoms with E-state index in [1.165, 1.54) is 12.0 Å². The van der Waals surface area contributed by atoms with Gasteiger partial charge >= 0.3 is 0 Å². The number of benzene rings is 1. The molecular formula is C16H28N2. The van der Waals surface area contributed by atoms with Gasteiger partial charge < -0.3 is 10.2 Å². The first-order chi connectivity index (χ1) is 8.54. The summed E-state index contributed by atoms with van der Waals surface area (Å²) >= 11 is 0. The number of hydrogen-bond acceptors (Lipinski definition) is 2. The SMILES string of the molecule is CCC(NC(CN(C)C)c1ccccc1)C(C)C. The lowest BCUT2D eigenvalue weighted by Crippen LogP contribution is -2.40. The van der Waals surface area contributed by atoms with Crippen LogP contribution in [0.5, 0.6) is 0 Å². The van der Waals surface area contributed by atoms with Gasteiger partial charge in [-0.15, -0.1) is 0 Å². The Morgan fingerprint density at radius 1 is 1.11 bits per heavy atom. The normalized spacial score (nSPS) is 15.1. The Bertz CT molecular complexity index is 319. The summed E-state index contributed by atoms with van der Waals surface area (Å²) in [5.74, 6) is 0.670. The van der Waals surface area contributed by atoms with Crippen molar-refractivity contribution < 1.29 is 0 Å². The molecule has 1 rings (SSSR count). The van der Waals surface area contributed by atoms with E-state index in [2.05, 4.69) is 75.4 Å². The lowest BCUT2D eigenvalue weighted by Gasteiger charge is -2.30. The van der Waals surface area contributed by atoms with Crippen molar-refractivity contribution in [3.8, 4) is 0 Å². The monoisotopic (exact) mass is 248 g/mol. The predicted octanol–water partition coefficient (Wildman–Crippen LogP) is 3.31. The molecule has 0 aromatic heterocycles. The maximum Gasteiger partial charge on any atom is 0.0451 e. The van der Waals surface area contributed by atoms with Gasteiger partial charge in [-0.2, -0.15) is 0 Å². The number of rotatable bonds is 7. The first-order valence-electron chi connectivity index (χ1n) is 7.00. The average molecular weight is 248 g/mol. The zero-order valence-corrected chi connectivity index (χ0v) is 12.5. The Balaban J connectivity index is 2.79. The summed E-state index contributed by atoms with van der Waals surface area (Å²) in [6, 6.07) is 11.7. The Hall–Kier alpha value is -0.860. The first-order valence-corrected chi connectivity index (χ1v) is 7.00. The predicted molar refractivity (Wildman–Crippen MR) is 79.8 cm³/mol. The van der Waals surface area contributed by atoms with E-state index in [1.54, 1.807) is 0 Å². The van der Waals surface area contributed by atoms with Crippen LogP contribution in [0.2, 0.25) is 0 Å². The van der Waals surface area contributed by atoms with Crippen LogP contribution in [0.4, 0.5) is 0 Å². The number of nitrogens with one attached hydrogen (secondary N) is 1. The Kier molecular flexibility index (Phi) is 6.37. The van der Waals surface area contributed by atoms with E-state index >= 15 is 0 Å². The van der Waals surface area contributed by atoms with Gasteiger partial charge in [0.05, 0.1) is 0 Å². The maximum absolute atomic E-state index is 3.81. The quantitative estimate of drug-likeness (QED) is 0.796. The third-order valence-electron chi connectivity index (χ3n) is 3.41. The second-order valence-electron chi connectivity index (χ2n) is 5.65. The third kappa shape index (κ3) is 4.79. The van der Waals surface area contributed by atoms with Crippen LogP contribution in [0.3, 0.4) is 0 Å². The molecule has 0 aliphatic carbocycles. The van der Waals surface area contributed by atoms with Crippen molar-refractivity contribution in [3.63, 3.8) is 0 Å². The highest BCUT2D eigenvalue weighted by molar-refractivity contribution is 5.19. The van der Waals surface area contributed by atoms with Crippen molar-refractivity contribution in [1.29, 1.82) is 0 Å². The van der Waals surface area contributed by atoms with Gasteiger partial charge in [0.2, 0.25) is 0 Å². The average Bonchev–Trinajstić information content (AvgIpc) is 2.34. The van der Waals surface area contributed by atoms with Crippen LogP contribution < -0.4 is 5.32 Å². The molecular weight excluding hydrogens is 220 g/mol. The fourth-order valence-corrected chi connectivity index (χ4v) is 2.34. The Morgan fingerprint density at radius 3 is 2.17 bits per heavy atom. The fraction of sp³-hybridized carbons (Fsp3) is 0.625. The molecule has 0 saturated carbocycles. The topological polar surface area (TPSA) is 15.3 Å². The zero-order chi connectivity index (χ0) is 13.5. The molecule has 0 spiro atoms. The molecule has 0 heterocycles. The standard InChI is InChI=1S/C16H28N2/c1-6-15(13(2)3)17-16(12-18(4)5)14-10-8-7-9-11-14/h7-11,13,15-17H,6,12H2,1-5H3. The van der Waals surface area contributed by atoms with Crippen molar-refractivity contribution in [2.45, 2.75) is 39.3 Å². The highest BCUT2D eigenvalue weighted by atomic mass is 15.1. The maximum atomic E-state index is 3.81. The summed E-state index contributed by atoms with van der Waals surface area (Å²) in [5.41, 5.74) is 1.38. The van der Waals surface area contributed by atoms with Gasteiger partial charge in [0.25, 0.3) is 0 Å². The molecule has 1 aromatic rings. The molecule has 0 radical (unpaired) electrons. The van der Waals surface area contributed by atoms with Gasteiger partial charge in [-0.05, 0) is 32.0 Å². The molecule has 1 N–H and O–H groups in total. The number of hydrogen-bond donors (Lipinski definition) is 1. The Labute approximate surface area is 112 Å². The van der Waals surface area contributed by atoms with E-state index in [9.17, 15) is 0 Å². The number of nitrogens with zero attached hydrogens (tertiary/aromatic N) is 1. The van der Waals surface area contributed by atoms with E-state index in [0.29, 0.717) is 18.0 Å². The summed E-state index contributed by atoms with van der Waals surface area (Å²) < 4.78 is 0. The summed E-state index contributed by atoms with van der Waals surface area (Å²) in [7, 11) is 4.27. The molecule has 0 aliphatic heterocycles. The molecule has 1 aromatic carbocycles. The molecule has 2 nitrogen and oxygen atoms in total. The summed E-state index contributed by atoms with van der Waals surface area (Å²) in [6.07, 6.45) is 1.18. The molecule has 2 heteroatoms. The van der Waals surface area contributed by atoms with Crippen LogP contribution >= 0.6 is 0 Å². The van der Waals surface area contributed by atoms with E-state index in [1.807, 2.05) is 0 Å². The largest absolute Gasteiger partial charge is 0.308 e. The zero-order valence-electron chi connectivity index (χ0n) is 12.5. The highest BCUT2D eigenvalue weighted by Gasteiger charge is 2.18. The minimum Gasteiger partial charge on any atom is -0.308 e.